The van der Waals surface area contributed by atoms with Crippen LogP contribution in [0.3, 0.4) is 0 Å². The van der Waals surface area contributed by atoms with Crippen molar-refractivity contribution in [2.75, 3.05) is 5.32 Å². The van der Waals surface area contributed by atoms with Crippen molar-refractivity contribution in [2.24, 2.45) is 5.92 Å². The molecule has 1 fully saturated rings. The second-order valence-electron chi connectivity index (χ2n) is 4.80. The number of carbonyl (C=O) groups excluding carboxylic acids is 1. The topological polar surface area (TPSA) is 86.3 Å². The van der Waals surface area contributed by atoms with Crippen LogP contribution in [0.1, 0.15) is 23.7 Å². The highest BCUT2D eigenvalue weighted by atomic mass is 16.3. The Morgan fingerprint density at radius 1 is 1.45 bits per heavy atom. The summed E-state index contributed by atoms with van der Waals surface area (Å²) in [4.78, 5) is 12.1. The zero-order valence-corrected chi connectivity index (χ0v) is 10.5. The Morgan fingerprint density at radius 3 is 3.00 bits per heavy atom. The number of phenols is 1. The van der Waals surface area contributed by atoms with Crippen molar-refractivity contribution in [3.8, 4) is 11.8 Å². The third kappa shape index (κ3) is 2.24. The number of phenolic OH excluding ortho intramolecular Hbond substituents is 1. The SMILES string of the molecule is N#Cc1ccc(O)c(NC(=O)[C@@H]2C[C@H]2c2ccco2)c1. The standard InChI is InChI=1S/C15H12N2O3/c16-8-9-3-4-13(18)12(6-9)17-15(19)11-7-10(11)14-2-1-5-20-14/h1-6,10-11,18H,7H2,(H,17,19)/t10-,11-/m1/s1. The minimum absolute atomic E-state index is 0.0486. The van der Waals surface area contributed by atoms with Gasteiger partial charge in [-0.25, -0.2) is 0 Å². The van der Waals surface area contributed by atoms with Crippen molar-refractivity contribution >= 4 is 11.6 Å². The van der Waals surface area contributed by atoms with Gasteiger partial charge in [0.2, 0.25) is 5.91 Å². The summed E-state index contributed by atoms with van der Waals surface area (Å²) in [6.45, 7) is 0. The Labute approximate surface area is 115 Å². The highest BCUT2D eigenvalue weighted by Crippen LogP contribution is 2.48. The van der Waals surface area contributed by atoms with Gasteiger partial charge in [-0.3, -0.25) is 4.79 Å². The number of furan rings is 1. The first kappa shape index (κ1) is 12.3. The van der Waals surface area contributed by atoms with E-state index in [1.807, 2.05) is 12.1 Å². The van der Waals surface area contributed by atoms with Gasteiger partial charge < -0.3 is 14.8 Å². The maximum atomic E-state index is 12.1. The number of nitrogens with zero attached hydrogens (tertiary/aromatic N) is 1. The number of amides is 1. The molecule has 1 aromatic heterocycles. The van der Waals surface area contributed by atoms with Crippen molar-refractivity contribution < 1.29 is 14.3 Å². The quantitative estimate of drug-likeness (QED) is 0.838. The van der Waals surface area contributed by atoms with E-state index in [0.717, 1.165) is 12.2 Å². The molecule has 20 heavy (non-hydrogen) atoms. The summed E-state index contributed by atoms with van der Waals surface area (Å²) in [5.41, 5.74) is 0.649. The van der Waals surface area contributed by atoms with Gasteiger partial charge in [0.25, 0.3) is 0 Å². The van der Waals surface area contributed by atoms with Crippen LogP contribution in [0.25, 0.3) is 0 Å². The highest BCUT2D eigenvalue weighted by molar-refractivity contribution is 5.96. The Morgan fingerprint density at radius 2 is 2.30 bits per heavy atom. The number of nitriles is 1. The summed E-state index contributed by atoms with van der Waals surface area (Å²) in [5, 5.41) is 21.2. The van der Waals surface area contributed by atoms with Crippen LogP contribution in [0.4, 0.5) is 5.69 Å². The van der Waals surface area contributed by atoms with Crippen LogP contribution in [0.15, 0.2) is 41.0 Å². The van der Waals surface area contributed by atoms with Gasteiger partial charge in [0, 0.05) is 11.8 Å². The molecular weight excluding hydrogens is 256 g/mol. The lowest BCUT2D eigenvalue weighted by Gasteiger charge is -2.07. The molecule has 1 aliphatic rings. The van der Waals surface area contributed by atoms with Gasteiger partial charge in [-0.2, -0.15) is 5.26 Å². The third-order valence-corrected chi connectivity index (χ3v) is 3.42. The van der Waals surface area contributed by atoms with Gasteiger partial charge in [0.15, 0.2) is 0 Å². The second kappa shape index (κ2) is 4.74. The van der Waals surface area contributed by atoms with E-state index >= 15 is 0 Å². The van der Waals surface area contributed by atoms with E-state index in [0.29, 0.717) is 5.56 Å². The maximum Gasteiger partial charge on any atom is 0.228 e. The van der Waals surface area contributed by atoms with Crippen LogP contribution in [-0.2, 0) is 4.79 Å². The number of hydrogen-bond acceptors (Lipinski definition) is 4. The zero-order valence-electron chi connectivity index (χ0n) is 10.5. The van der Waals surface area contributed by atoms with Crippen LogP contribution in [-0.4, -0.2) is 11.0 Å². The summed E-state index contributed by atoms with van der Waals surface area (Å²) < 4.78 is 5.28. The average molecular weight is 268 g/mol. The number of carbonyl (C=O) groups is 1. The molecule has 1 aliphatic carbocycles. The first-order valence-electron chi connectivity index (χ1n) is 6.26. The van der Waals surface area contributed by atoms with Gasteiger partial charge >= 0.3 is 0 Å². The van der Waals surface area contributed by atoms with Gasteiger partial charge in [-0.1, -0.05) is 0 Å². The zero-order chi connectivity index (χ0) is 14.1. The van der Waals surface area contributed by atoms with Crippen LogP contribution < -0.4 is 5.32 Å². The van der Waals surface area contributed by atoms with Crippen molar-refractivity contribution in [1.82, 2.24) is 0 Å². The first-order chi connectivity index (χ1) is 9.69. The van der Waals surface area contributed by atoms with Gasteiger partial charge in [-0.05, 0) is 36.8 Å². The normalized spacial score (nSPS) is 20.1. The molecule has 1 saturated carbocycles. The van der Waals surface area contributed by atoms with Crippen LogP contribution in [0.2, 0.25) is 0 Å². The lowest BCUT2D eigenvalue weighted by Crippen LogP contribution is -2.14. The fourth-order valence-corrected chi connectivity index (χ4v) is 2.23. The minimum atomic E-state index is -0.170. The van der Waals surface area contributed by atoms with E-state index in [-0.39, 0.29) is 29.2 Å². The van der Waals surface area contributed by atoms with E-state index in [9.17, 15) is 9.90 Å². The summed E-state index contributed by atoms with van der Waals surface area (Å²) >= 11 is 0. The smallest absolute Gasteiger partial charge is 0.228 e. The van der Waals surface area contributed by atoms with Gasteiger partial charge in [0.1, 0.15) is 11.5 Å². The molecule has 0 spiro atoms. The molecular formula is C15H12N2O3. The molecule has 0 unspecified atom stereocenters. The molecule has 0 saturated heterocycles. The largest absolute Gasteiger partial charge is 0.506 e. The summed E-state index contributed by atoms with van der Waals surface area (Å²) in [6.07, 6.45) is 2.32. The molecule has 1 heterocycles. The first-order valence-corrected chi connectivity index (χ1v) is 6.26. The number of benzene rings is 1. The molecule has 2 aromatic rings. The third-order valence-electron chi connectivity index (χ3n) is 3.42. The van der Waals surface area contributed by atoms with Crippen molar-refractivity contribution in [3.63, 3.8) is 0 Å². The molecule has 5 heteroatoms. The summed E-state index contributed by atoms with van der Waals surface area (Å²) in [7, 11) is 0. The summed E-state index contributed by atoms with van der Waals surface area (Å²) in [5.74, 6) is 0.544. The monoisotopic (exact) mass is 268 g/mol. The highest BCUT2D eigenvalue weighted by Gasteiger charge is 2.45. The maximum absolute atomic E-state index is 12.1. The molecule has 0 aliphatic heterocycles. The second-order valence-corrected chi connectivity index (χ2v) is 4.80. The van der Waals surface area contributed by atoms with E-state index in [4.69, 9.17) is 9.68 Å². The van der Waals surface area contributed by atoms with E-state index in [1.54, 1.807) is 12.3 Å². The minimum Gasteiger partial charge on any atom is -0.506 e. The number of nitrogens with one attached hydrogen (secondary N) is 1. The lowest BCUT2D eigenvalue weighted by molar-refractivity contribution is -0.117. The van der Waals surface area contributed by atoms with E-state index in [1.165, 1.54) is 18.2 Å². The van der Waals surface area contributed by atoms with Crippen LogP contribution >= 0.6 is 0 Å². The van der Waals surface area contributed by atoms with Crippen molar-refractivity contribution in [3.05, 3.63) is 47.9 Å². The Hall–Kier alpha value is -2.74. The number of aromatic hydroxyl groups is 1. The number of anilines is 1. The molecule has 0 radical (unpaired) electrons. The Bertz CT molecular complexity index is 686. The molecule has 1 amide bonds. The molecule has 0 bridgehead atoms. The number of hydrogen-bond donors (Lipinski definition) is 2. The molecule has 5 nitrogen and oxygen atoms in total. The average Bonchev–Trinajstić information content (AvgIpc) is 3.07. The van der Waals surface area contributed by atoms with Crippen molar-refractivity contribution in [2.45, 2.75) is 12.3 Å². The Kier molecular flexibility index (Phi) is 2.92. The fraction of sp³-hybridized carbons (Fsp3) is 0.200. The summed E-state index contributed by atoms with van der Waals surface area (Å²) in [6, 6.07) is 9.96. The predicted octanol–water partition coefficient (Wildman–Crippen LogP) is 2.60. The number of rotatable bonds is 3. The molecule has 2 N–H and O–H groups in total. The molecule has 2 atom stereocenters. The Balaban J connectivity index is 1.70. The van der Waals surface area contributed by atoms with E-state index < -0.39 is 0 Å². The fourth-order valence-electron chi connectivity index (χ4n) is 2.23. The van der Waals surface area contributed by atoms with Crippen molar-refractivity contribution in [1.29, 1.82) is 5.26 Å². The van der Waals surface area contributed by atoms with Crippen LogP contribution in [0.5, 0.6) is 5.75 Å². The molecule has 3 rings (SSSR count). The molecule has 100 valence electrons. The van der Waals surface area contributed by atoms with E-state index in [2.05, 4.69) is 5.32 Å². The molecule has 1 aromatic carbocycles. The van der Waals surface area contributed by atoms with Gasteiger partial charge in [0.05, 0.1) is 23.6 Å². The van der Waals surface area contributed by atoms with Gasteiger partial charge in [-0.15, -0.1) is 0 Å². The predicted molar refractivity (Wildman–Crippen MR) is 71.0 cm³/mol. The van der Waals surface area contributed by atoms with Crippen LogP contribution in [0, 0.1) is 17.2 Å². The lowest BCUT2D eigenvalue weighted by atomic mass is 10.2.